The molecule has 2 aromatic rings. The van der Waals surface area contributed by atoms with Crippen molar-refractivity contribution < 1.29 is 28.6 Å². The summed E-state index contributed by atoms with van der Waals surface area (Å²) >= 11 is 0. The number of H-pyrrole nitrogens is 1. The van der Waals surface area contributed by atoms with Gasteiger partial charge in [0, 0.05) is 50.1 Å². The fraction of sp³-hybridized carbons (Fsp3) is 0.464. The average molecular weight is 540 g/mol. The van der Waals surface area contributed by atoms with Gasteiger partial charge in [-0.05, 0) is 56.6 Å². The van der Waals surface area contributed by atoms with Crippen molar-refractivity contribution in [1.82, 2.24) is 14.8 Å². The highest BCUT2D eigenvalue weighted by molar-refractivity contribution is 6.35. The second-order valence-corrected chi connectivity index (χ2v) is 10.4. The van der Waals surface area contributed by atoms with Crippen LogP contribution in [0.4, 0.5) is 15.8 Å². The molecule has 4 heterocycles. The molecular weight excluding hydrogens is 505 g/mol. The fourth-order valence-electron chi connectivity index (χ4n) is 5.65. The summed E-state index contributed by atoms with van der Waals surface area (Å²) in [6.45, 7) is 4.87. The molecule has 1 unspecified atom stereocenters. The molecule has 3 amide bonds. The summed E-state index contributed by atoms with van der Waals surface area (Å²) < 4.78 is 19.6. The fourth-order valence-corrected chi connectivity index (χ4v) is 5.65. The Balaban J connectivity index is 1.34. The number of aromatic nitrogens is 1. The van der Waals surface area contributed by atoms with E-state index < -0.39 is 23.7 Å². The molecule has 3 aliphatic rings. The standard InChI is InChI=1S/C28H34FN5O5/c1-16-22(11-19-18-10-20(29)24(31-25(36)15-39-2)12-23(18)32-27(19)37)30-21-6-9-34(28(38)26(16)21)14-17(35)13-33-7-4-3-5-8-33/h10-12,17,30,35H,3-9,13-15H2,1-2H3,(H,31,36)(H,32,37)/b19-11-. The largest absolute Gasteiger partial charge is 0.390 e. The minimum absolute atomic E-state index is 0.0583. The predicted octanol–water partition coefficient (Wildman–Crippen LogP) is 2.38. The number of aliphatic hydroxyl groups excluding tert-OH is 1. The highest BCUT2D eigenvalue weighted by Gasteiger charge is 2.32. The van der Waals surface area contributed by atoms with Gasteiger partial charge < -0.3 is 35.3 Å². The number of nitrogens with zero attached hydrogens (tertiary/aromatic N) is 2. The highest BCUT2D eigenvalue weighted by atomic mass is 19.1. The van der Waals surface area contributed by atoms with Crippen molar-refractivity contribution in [3.8, 4) is 0 Å². The first-order valence-electron chi connectivity index (χ1n) is 13.3. The van der Waals surface area contributed by atoms with Crippen molar-refractivity contribution >= 4 is 40.7 Å². The molecular formula is C28H34FN5O5. The lowest BCUT2D eigenvalue weighted by Gasteiger charge is -2.32. The molecule has 39 heavy (non-hydrogen) atoms. The lowest BCUT2D eigenvalue weighted by Crippen LogP contribution is -2.46. The summed E-state index contributed by atoms with van der Waals surface area (Å²) in [5.41, 5.74) is 3.56. The summed E-state index contributed by atoms with van der Waals surface area (Å²) in [5.74, 6) is -1.75. The number of hydrogen-bond donors (Lipinski definition) is 4. The summed E-state index contributed by atoms with van der Waals surface area (Å²) in [7, 11) is 1.36. The molecule has 1 aromatic heterocycles. The minimum Gasteiger partial charge on any atom is -0.390 e. The number of halogens is 1. The Morgan fingerprint density at radius 3 is 2.72 bits per heavy atom. The molecule has 3 aliphatic heterocycles. The van der Waals surface area contributed by atoms with Crippen LogP contribution in [0.1, 0.15) is 52.1 Å². The zero-order chi connectivity index (χ0) is 27.7. The van der Waals surface area contributed by atoms with Crippen molar-refractivity contribution in [2.75, 3.05) is 57.1 Å². The molecule has 0 spiro atoms. The SMILES string of the molecule is COCC(=O)Nc1cc2c(cc1F)/C(=C/c1[nH]c3c(c1C)C(=O)N(CC(O)CN1CCCCC1)CC3)C(=O)N2. The van der Waals surface area contributed by atoms with Crippen molar-refractivity contribution in [3.63, 3.8) is 0 Å². The van der Waals surface area contributed by atoms with Gasteiger partial charge in [-0.25, -0.2) is 4.39 Å². The van der Waals surface area contributed by atoms with Gasteiger partial charge in [-0.1, -0.05) is 6.42 Å². The topological polar surface area (TPSA) is 127 Å². The number of aliphatic hydroxyl groups is 1. The van der Waals surface area contributed by atoms with Crippen LogP contribution in [0.15, 0.2) is 12.1 Å². The maximum Gasteiger partial charge on any atom is 0.256 e. The second kappa shape index (κ2) is 11.3. The third-order valence-electron chi connectivity index (χ3n) is 7.58. The summed E-state index contributed by atoms with van der Waals surface area (Å²) in [6.07, 6.45) is 5.11. The normalized spacial score (nSPS) is 19.2. The first-order valence-corrected chi connectivity index (χ1v) is 13.3. The van der Waals surface area contributed by atoms with Gasteiger partial charge in [0.25, 0.3) is 11.8 Å². The number of methoxy groups -OCH3 is 1. The molecule has 1 atom stereocenters. The number of carbonyl (C=O) groups is 3. The van der Waals surface area contributed by atoms with Crippen molar-refractivity contribution in [2.24, 2.45) is 0 Å². The number of piperidine rings is 1. The predicted molar refractivity (Wildman–Crippen MR) is 145 cm³/mol. The van der Waals surface area contributed by atoms with Crippen LogP contribution >= 0.6 is 0 Å². The number of fused-ring (bicyclic) bond motifs is 2. The Hall–Kier alpha value is -3.54. The van der Waals surface area contributed by atoms with E-state index in [4.69, 9.17) is 4.74 Å². The molecule has 0 aliphatic carbocycles. The maximum atomic E-state index is 14.8. The molecule has 4 N–H and O–H groups in total. The third kappa shape index (κ3) is 5.61. The zero-order valence-corrected chi connectivity index (χ0v) is 22.2. The third-order valence-corrected chi connectivity index (χ3v) is 7.58. The molecule has 0 radical (unpaired) electrons. The molecule has 5 rings (SSSR count). The number of β-amino-alcohol motifs (C(OH)–C–C–N with tert-alkyl or cyclic N) is 1. The van der Waals surface area contributed by atoms with E-state index in [2.05, 4.69) is 20.5 Å². The van der Waals surface area contributed by atoms with Gasteiger partial charge >= 0.3 is 0 Å². The molecule has 208 valence electrons. The molecule has 0 saturated carbocycles. The van der Waals surface area contributed by atoms with Crippen LogP contribution in [0.3, 0.4) is 0 Å². The first kappa shape index (κ1) is 27.0. The summed E-state index contributed by atoms with van der Waals surface area (Å²) in [6, 6.07) is 2.58. The number of benzene rings is 1. The van der Waals surface area contributed by atoms with E-state index in [1.807, 2.05) is 6.92 Å². The number of amides is 3. The molecule has 1 saturated heterocycles. The number of hydrogen-bond acceptors (Lipinski definition) is 6. The zero-order valence-electron chi connectivity index (χ0n) is 22.2. The van der Waals surface area contributed by atoms with Gasteiger partial charge in [-0.3, -0.25) is 14.4 Å². The van der Waals surface area contributed by atoms with E-state index in [1.54, 1.807) is 11.0 Å². The van der Waals surface area contributed by atoms with E-state index in [1.165, 1.54) is 25.7 Å². The summed E-state index contributed by atoms with van der Waals surface area (Å²) in [5, 5.41) is 15.8. The Morgan fingerprint density at radius 2 is 1.97 bits per heavy atom. The number of anilines is 2. The van der Waals surface area contributed by atoms with Crippen LogP contribution in [0.2, 0.25) is 0 Å². The Labute approximate surface area is 226 Å². The van der Waals surface area contributed by atoms with Gasteiger partial charge in [0.05, 0.1) is 28.6 Å². The smallest absolute Gasteiger partial charge is 0.256 e. The number of carbonyl (C=O) groups excluding carboxylic acids is 3. The van der Waals surface area contributed by atoms with Gasteiger partial charge in [0.15, 0.2) is 0 Å². The maximum absolute atomic E-state index is 14.8. The lowest BCUT2D eigenvalue weighted by atomic mass is 10.0. The van der Waals surface area contributed by atoms with Gasteiger partial charge in [0.2, 0.25) is 5.91 Å². The minimum atomic E-state index is -0.683. The van der Waals surface area contributed by atoms with Crippen LogP contribution in [0.25, 0.3) is 11.6 Å². The van der Waals surface area contributed by atoms with Crippen molar-refractivity contribution in [3.05, 3.63) is 46.0 Å². The van der Waals surface area contributed by atoms with E-state index in [0.29, 0.717) is 47.6 Å². The Kier molecular flexibility index (Phi) is 7.83. The number of ether oxygens (including phenoxy) is 1. The van der Waals surface area contributed by atoms with Crippen LogP contribution in [0.5, 0.6) is 0 Å². The second-order valence-electron chi connectivity index (χ2n) is 10.4. The molecule has 10 nitrogen and oxygen atoms in total. The summed E-state index contributed by atoms with van der Waals surface area (Å²) in [4.78, 5) is 45.2. The Bertz CT molecular complexity index is 1330. The van der Waals surface area contributed by atoms with E-state index >= 15 is 0 Å². The van der Waals surface area contributed by atoms with Crippen molar-refractivity contribution in [2.45, 2.75) is 38.7 Å². The number of rotatable bonds is 8. The van der Waals surface area contributed by atoms with Crippen LogP contribution < -0.4 is 10.6 Å². The van der Waals surface area contributed by atoms with Crippen LogP contribution in [-0.2, 0) is 20.7 Å². The molecule has 11 heteroatoms. The number of likely N-dealkylation sites (tertiary alicyclic amines) is 1. The number of nitrogens with one attached hydrogen (secondary N) is 3. The quantitative estimate of drug-likeness (QED) is 0.382. The van der Waals surface area contributed by atoms with E-state index in [9.17, 15) is 23.9 Å². The van der Waals surface area contributed by atoms with Crippen LogP contribution in [-0.4, -0.2) is 90.2 Å². The molecule has 1 fully saturated rings. The average Bonchev–Trinajstić information content (AvgIpc) is 3.37. The molecule has 0 bridgehead atoms. The van der Waals surface area contributed by atoms with Crippen LogP contribution in [0, 0.1) is 12.7 Å². The number of aromatic amines is 1. The van der Waals surface area contributed by atoms with Gasteiger partial charge in [-0.15, -0.1) is 0 Å². The Morgan fingerprint density at radius 1 is 1.21 bits per heavy atom. The van der Waals surface area contributed by atoms with Crippen molar-refractivity contribution in [1.29, 1.82) is 0 Å². The molecule has 1 aromatic carbocycles. The van der Waals surface area contributed by atoms with Gasteiger partial charge in [-0.2, -0.15) is 0 Å². The monoisotopic (exact) mass is 539 g/mol. The first-order chi connectivity index (χ1) is 18.7. The highest BCUT2D eigenvalue weighted by Crippen LogP contribution is 2.37. The lowest BCUT2D eigenvalue weighted by molar-refractivity contribution is -0.119. The van der Waals surface area contributed by atoms with E-state index in [-0.39, 0.29) is 30.3 Å². The van der Waals surface area contributed by atoms with Gasteiger partial charge in [0.1, 0.15) is 12.4 Å². The van der Waals surface area contributed by atoms with E-state index in [0.717, 1.165) is 31.6 Å².